The molecule has 0 N–H and O–H groups in total. The van der Waals surface area contributed by atoms with Crippen molar-refractivity contribution in [1.82, 2.24) is 19.2 Å². The Balaban J connectivity index is 1.71. The molecular formula is C18H20N4. The van der Waals surface area contributed by atoms with Gasteiger partial charge in [0.15, 0.2) is 0 Å². The van der Waals surface area contributed by atoms with Crippen LogP contribution in [0.1, 0.15) is 23.0 Å². The van der Waals surface area contributed by atoms with E-state index in [1.54, 1.807) is 0 Å². The molecule has 1 aliphatic heterocycles. The molecule has 0 bridgehead atoms. The molecule has 0 spiro atoms. The van der Waals surface area contributed by atoms with Crippen LogP contribution in [-0.4, -0.2) is 25.8 Å². The van der Waals surface area contributed by atoms with Crippen LogP contribution >= 0.6 is 0 Å². The summed E-state index contributed by atoms with van der Waals surface area (Å²) in [5.41, 5.74) is 3.84. The zero-order valence-corrected chi connectivity index (χ0v) is 12.8. The smallest absolute Gasteiger partial charge is 0.0765 e. The molecule has 4 rings (SSSR count). The third-order valence-corrected chi connectivity index (χ3v) is 4.39. The average molecular weight is 292 g/mol. The summed E-state index contributed by atoms with van der Waals surface area (Å²) in [6.45, 7) is 2.96. The van der Waals surface area contributed by atoms with Crippen molar-refractivity contribution >= 4 is 0 Å². The zero-order valence-electron chi connectivity index (χ0n) is 12.8. The summed E-state index contributed by atoms with van der Waals surface area (Å²) in [4.78, 5) is 2.52. The maximum atomic E-state index is 4.54. The lowest BCUT2D eigenvalue weighted by Crippen LogP contribution is -2.38. The summed E-state index contributed by atoms with van der Waals surface area (Å²) >= 11 is 0. The quantitative estimate of drug-likeness (QED) is 0.742. The van der Waals surface area contributed by atoms with Crippen LogP contribution in [0, 0.1) is 0 Å². The SMILES string of the molecule is Cn1ccc(CN2CCn3cccc3C2c2ccccc2)n1. The Morgan fingerprint density at radius 3 is 2.64 bits per heavy atom. The maximum absolute atomic E-state index is 4.54. The van der Waals surface area contributed by atoms with E-state index in [9.17, 15) is 0 Å². The van der Waals surface area contributed by atoms with Crippen molar-refractivity contribution in [1.29, 1.82) is 0 Å². The van der Waals surface area contributed by atoms with Gasteiger partial charge in [0, 0.05) is 44.8 Å². The second-order valence-corrected chi connectivity index (χ2v) is 5.89. The molecule has 1 aliphatic rings. The molecule has 0 radical (unpaired) electrons. The van der Waals surface area contributed by atoms with Gasteiger partial charge in [0.2, 0.25) is 0 Å². The van der Waals surface area contributed by atoms with Crippen molar-refractivity contribution in [2.75, 3.05) is 6.54 Å². The molecule has 1 unspecified atom stereocenters. The minimum atomic E-state index is 0.298. The molecule has 112 valence electrons. The Bertz CT molecular complexity index is 756. The van der Waals surface area contributed by atoms with Crippen LogP contribution in [-0.2, 0) is 20.1 Å². The number of nitrogens with zero attached hydrogens (tertiary/aromatic N) is 4. The fourth-order valence-corrected chi connectivity index (χ4v) is 3.37. The van der Waals surface area contributed by atoms with Gasteiger partial charge in [-0.2, -0.15) is 5.10 Å². The lowest BCUT2D eigenvalue weighted by molar-refractivity contribution is 0.172. The highest BCUT2D eigenvalue weighted by atomic mass is 15.3. The van der Waals surface area contributed by atoms with Crippen molar-refractivity contribution < 1.29 is 0 Å². The highest BCUT2D eigenvalue weighted by Crippen LogP contribution is 2.33. The normalized spacial score (nSPS) is 18.3. The highest BCUT2D eigenvalue weighted by molar-refractivity contribution is 5.30. The number of benzene rings is 1. The van der Waals surface area contributed by atoms with Crippen molar-refractivity contribution in [2.24, 2.45) is 7.05 Å². The monoisotopic (exact) mass is 292 g/mol. The Morgan fingerprint density at radius 2 is 1.86 bits per heavy atom. The number of aryl methyl sites for hydroxylation is 1. The van der Waals surface area contributed by atoms with Crippen molar-refractivity contribution in [3.05, 3.63) is 77.9 Å². The summed E-state index contributed by atoms with van der Waals surface area (Å²) in [5, 5.41) is 4.54. The minimum absolute atomic E-state index is 0.298. The molecule has 0 aliphatic carbocycles. The first-order valence-corrected chi connectivity index (χ1v) is 7.74. The van der Waals surface area contributed by atoms with E-state index in [0.29, 0.717) is 6.04 Å². The average Bonchev–Trinajstić information content (AvgIpc) is 3.17. The van der Waals surface area contributed by atoms with Gasteiger partial charge in [0.1, 0.15) is 0 Å². The lowest BCUT2D eigenvalue weighted by atomic mass is 10.00. The largest absolute Gasteiger partial charge is 0.348 e. The molecule has 0 saturated carbocycles. The highest BCUT2D eigenvalue weighted by Gasteiger charge is 2.28. The van der Waals surface area contributed by atoms with Gasteiger partial charge in [-0.05, 0) is 23.8 Å². The third-order valence-electron chi connectivity index (χ3n) is 4.39. The predicted molar refractivity (Wildman–Crippen MR) is 86.3 cm³/mol. The Hall–Kier alpha value is -2.33. The summed E-state index contributed by atoms with van der Waals surface area (Å²) in [5.74, 6) is 0. The van der Waals surface area contributed by atoms with E-state index in [1.807, 2.05) is 17.9 Å². The van der Waals surface area contributed by atoms with Crippen LogP contribution in [0.3, 0.4) is 0 Å². The second-order valence-electron chi connectivity index (χ2n) is 5.89. The van der Waals surface area contributed by atoms with Crippen LogP contribution in [0.2, 0.25) is 0 Å². The van der Waals surface area contributed by atoms with Gasteiger partial charge < -0.3 is 4.57 Å². The minimum Gasteiger partial charge on any atom is -0.348 e. The van der Waals surface area contributed by atoms with Crippen LogP contribution in [0.15, 0.2) is 60.9 Å². The van der Waals surface area contributed by atoms with Gasteiger partial charge in [0.05, 0.1) is 11.7 Å². The first kappa shape index (κ1) is 13.3. The third kappa shape index (κ3) is 2.35. The predicted octanol–water partition coefficient (Wildman–Crippen LogP) is 2.83. The molecule has 3 heterocycles. The van der Waals surface area contributed by atoms with E-state index >= 15 is 0 Å². The molecule has 1 atom stereocenters. The topological polar surface area (TPSA) is 26.0 Å². The lowest BCUT2D eigenvalue weighted by Gasteiger charge is -2.37. The first-order chi connectivity index (χ1) is 10.8. The van der Waals surface area contributed by atoms with Crippen molar-refractivity contribution in [3.63, 3.8) is 0 Å². The van der Waals surface area contributed by atoms with Crippen molar-refractivity contribution in [2.45, 2.75) is 19.1 Å². The molecule has 1 aromatic carbocycles. The van der Waals surface area contributed by atoms with Gasteiger partial charge in [0.25, 0.3) is 0 Å². The van der Waals surface area contributed by atoms with Crippen LogP contribution < -0.4 is 0 Å². The van der Waals surface area contributed by atoms with Gasteiger partial charge in [-0.3, -0.25) is 9.58 Å². The zero-order chi connectivity index (χ0) is 14.9. The van der Waals surface area contributed by atoms with E-state index in [0.717, 1.165) is 25.3 Å². The van der Waals surface area contributed by atoms with Crippen LogP contribution in [0.25, 0.3) is 0 Å². The van der Waals surface area contributed by atoms with E-state index in [1.165, 1.54) is 11.3 Å². The fraction of sp³-hybridized carbons (Fsp3) is 0.278. The van der Waals surface area contributed by atoms with Crippen LogP contribution in [0.4, 0.5) is 0 Å². The Labute approximate surface area is 130 Å². The van der Waals surface area contributed by atoms with Gasteiger partial charge in [-0.15, -0.1) is 0 Å². The molecule has 4 heteroatoms. The molecule has 0 fully saturated rings. The standard InChI is InChI=1S/C18H20N4/c1-20-11-9-16(19-20)14-22-13-12-21-10-5-8-17(21)18(22)15-6-3-2-4-7-15/h2-11,18H,12-14H2,1H3. The Kier molecular flexibility index (Phi) is 3.31. The number of hydrogen-bond acceptors (Lipinski definition) is 2. The molecule has 0 saturated heterocycles. The number of aromatic nitrogens is 3. The fourth-order valence-electron chi connectivity index (χ4n) is 3.37. The van der Waals surface area contributed by atoms with E-state index < -0.39 is 0 Å². The van der Waals surface area contributed by atoms with Gasteiger partial charge in [-0.25, -0.2) is 0 Å². The molecule has 0 amide bonds. The van der Waals surface area contributed by atoms with E-state index in [4.69, 9.17) is 0 Å². The summed E-state index contributed by atoms with van der Waals surface area (Å²) in [6, 6.07) is 17.6. The van der Waals surface area contributed by atoms with Crippen molar-refractivity contribution in [3.8, 4) is 0 Å². The number of hydrogen-bond donors (Lipinski definition) is 0. The maximum Gasteiger partial charge on any atom is 0.0765 e. The number of rotatable bonds is 3. The Morgan fingerprint density at radius 1 is 1.00 bits per heavy atom. The van der Waals surface area contributed by atoms with Gasteiger partial charge >= 0.3 is 0 Å². The molecule has 3 aromatic rings. The number of fused-ring (bicyclic) bond motifs is 1. The summed E-state index contributed by atoms with van der Waals surface area (Å²) < 4.78 is 4.24. The van der Waals surface area contributed by atoms with E-state index in [2.05, 4.69) is 69.3 Å². The molecule has 2 aromatic heterocycles. The summed E-state index contributed by atoms with van der Waals surface area (Å²) in [6.07, 6.45) is 4.20. The molecule has 4 nitrogen and oxygen atoms in total. The van der Waals surface area contributed by atoms with Gasteiger partial charge in [-0.1, -0.05) is 30.3 Å². The first-order valence-electron chi connectivity index (χ1n) is 7.74. The molecular weight excluding hydrogens is 272 g/mol. The summed E-state index contributed by atoms with van der Waals surface area (Å²) in [7, 11) is 1.97. The second kappa shape index (κ2) is 5.46. The van der Waals surface area contributed by atoms with Crippen LogP contribution in [0.5, 0.6) is 0 Å². The molecule has 22 heavy (non-hydrogen) atoms. The van der Waals surface area contributed by atoms with E-state index in [-0.39, 0.29) is 0 Å².